The summed E-state index contributed by atoms with van der Waals surface area (Å²) in [4.78, 5) is 30.4. The van der Waals surface area contributed by atoms with Gasteiger partial charge in [-0.25, -0.2) is 4.39 Å². The number of furan rings is 1. The molecule has 0 saturated heterocycles. The molecule has 0 bridgehead atoms. The normalized spacial score (nSPS) is 14.4. The van der Waals surface area contributed by atoms with Crippen LogP contribution >= 0.6 is 0 Å². The Morgan fingerprint density at radius 3 is 2.45 bits per heavy atom. The van der Waals surface area contributed by atoms with Crippen LogP contribution in [0.1, 0.15) is 68.6 Å². The lowest BCUT2D eigenvalue weighted by Crippen LogP contribution is -2.47. The van der Waals surface area contributed by atoms with E-state index in [1.165, 1.54) is 11.0 Å². The molecule has 1 aliphatic carbocycles. The molecule has 1 saturated carbocycles. The number of anilines is 1. The van der Waals surface area contributed by atoms with Gasteiger partial charge in [0.2, 0.25) is 5.82 Å². The maximum atomic E-state index is 14.3. The molecule has 10 heteroatoms. The summed E-state index contributed by atoms with van der Waals surface area (Å²) < 4.78 is 20.2. The second-order valence-corrected chi connectivity index (χ2v) is 10.5. The molecule has 1 fully saturated rings. The zero-order valence-corrected chi connectivity index (χ0v) is 22.9. The Labute approximate surface area is 232 Å². The summed E-state index contributed by atoms with van der Waals surface area (Å²) in [5.41, 5.74) is 1.82. The fourth-order valence-electron chi connectivity index (χ4n) is 5.04. The summed E-state index contributed by atoms with van der Waals surface area (Å²) in [6, 6.07) is 16.1. The van der Waals surface area contributed by atoms with Crippen LogP contribution in [0, 0.1) is 12.7 Å². The van der Waals surface area contributed by atoms with Crippen molar-refractivity contribution in [3.05, 3.63) is 83.6 Å². The molecule has 0 unspecified atom stereocenters. The number of carbonyl (C=O) groups is 2. The molecule has 0 radical (unpaired) electrons. The molecule has 1 aliphatic rings. The molecule has 4 aromatic rings. The van der Waals surface area contributed by atoms with E-state index in [-0.39, 0.29) is 29.9 Å². The van der Waals surface area contributed by atoms with Crippen LogP contribution in [0.2, 0.25) is 0 Å². The van der Waals surface area contributed by atoms with Gasteiger partial charge in [-0.3, -0.25) is 14.5 Å². The Balaban J connectivity index is 1.51. The molecular formula is C30H33FN6O3. The third kappa shape index (κ3) is 5.95. The lowest BCUT2D eigenvalue weighted by atomic mass is 10.0. The predicted molar refractivity (Wildman–Crippen MR) is 148 cm³/mol. The van der Waals surface area contributed by atoms with Crippen molar-refractivity contribution in [2.75, 3.05) is 4.90 Å². The Bertz CT molecular complexity index is 1470. The average molecular weight is 545 g/mol. The lowest BCUT2D eigenvalue weighted by Gasteiger charge is -2.31. The van der Waals surface area contributed by atoms with Gasteiger partial charge in [0, 0.05) is 11.7 Å². The summed E-state index contributed by atoms with van der Waals surface area (Å²) in [6.45, 7) is 5.65. The number of carbonyl (C=O) groups excluding carboxylic acids is 2. The van der Waals surface area contributed by atoms with E-state index < -0.39 is 17.8 Å². The van der Waals surface area contributed by atoms with Crippen molar-refractivity contribution in [2.45, 2.75) is 71.0 Å². The highest BCUT2D eigenvalue weighted by atomic mass is 19.1. The molecule has 40 heavy (non-hydrogen) atoms. The van der Waals surface area contributed by atoms with E-state index in [1.807, 2.05) is 24.3 Å². The second-order valence-electron chi connectivity index (χ2n) is 10.5. The molecule has 0 aliphatic heterocycles. The van der Waals surface area contributed by atoms with Crippen LogP contribution in [0.3, 0.4) is 0 Å². The Morgan fingerprint density at radius 1 is 1.07 bits per heavy atom. The molecule has 2 aromatic heterocycles. The van der Waals surface area contributed by atoms with Crippen molar-refractivity contribution >= 4 is 17.5 Å². The van der Waals surface area contributed by atoms with Gasteiger partial charge in [0.05, 0.1) is 5.56 Å². The summed E-state index contributed by atoms with van der Waals surface area (Å²) in [7, 11) is 0. The molecular weight excluding hydrogens is 511 g/mol. The molecule has 5 rings (SSSR count). The number of hydrogen-bond donors (Lipinski definition) is 1. The van der Waals surface area contributed by atoms with Gasteiger partial charge in [-0.05, 0) is 72.9 Å². The van der Waals surface area contributed by atoms with Crippen LogP contribution in [0.5, 0.6) is 0 Å². The van der Waals surface area contributed by atoms with Gasteiger partial charge >= 0.3 is 0 Å². The van der Waals surface area contributed by atoms with Crippen LogP contribution in [-0.2, 0) is 16.1 Å². The number of aryl methyl sites for hydroxylation is 1. The summed E-state index contributed by atoms with van der Waals surface area (Å²) in [5.74, 6) is 0.0876. The number of rotatable bonds is 9. The first-order chi connectivity index (χ1) is 19.3. The van der Waals surface area contributed by atoms with Gasteiger partial charge in [-0.2, -0.15) is 4.80 Å². The number of nitrogens with zero attached hydrogens (tertiary/aromatic N) is 5. The summed E-state index contributed by atoms with van der Waals surface area (Å²) >= 11 is 0. The zero-order chi connectivity index (χ0) is 28.2. The fourth-order valence-corrected chi connectivity index (χ4v) is 5.04. The van der Waals surface area contributed by atoms with Gasteiger partial charge in [0.15, 0.2) is 6.04 Å². The van der Waals surface area contributed by atoms with Gasteiger partial charge in [0.25, 0.3) is 11.8 Å². The monoisotopic (exact) mass is 544 g/mol. The highest BCUT2D eigenvalue weighted by Gasteiger charge is 2.37. The van der Waals surface area contributed by atoms with E-state index in [2.05, 4.69) is 34.6 Å². The number of hydrogen-bond acceptors (Lipinski definition) is 6. The second kappa shape index (κ2) is 11.8. The summed E-state index contributed by atoms with van der Waals surface area (Å²) in [5, 5.41) is 15.3. The number of nitrogens with one attached hydrogen (secondary N) is 1. The quantitative estimate of drug-likeness (QED) is 0.305. The Kier molecular flexibility index (Phi) is 8.04. The number of aromatic nitrogens is 4. The van der Waals surface area contributed by atoms with Gasteiger partial charge in [-0.1, -0.05) is 51.0 Å². The van der Waals surface area contributed by atoms with Crippen molar-refractivity contribution in [3.8, 4) is 11.4 Å². The average Bonchev–Trinajstić information content (AvgIpc) is 3.71. The van der Waals surface area contributed by atoms with Crippen molar-refractivity contribution in [3.63, 3.8) is 0 Å². The third-order valence-corrected chi connectivity index (χ3v) is 7.19. The van der Waals surface area contributed by atoms with Crippen LogP contribution in [0.4, 0.5) is 10.1 Å². The van der Waals surface area contributed by atoms with Crippen molar-refractivity contribution in [1.29, 1.82) is 0 Å². The van der Waals surface area contributed by atoms with Gasteiger partial charge < -0.3 is 9.73 Å². The fraction of sp³-hybridized carbons (Fsp3) is 0.367. The first-order valence-corrected chi connectivity index (χ1v) is 13.6. The van der Waals surface area contributed by atoms with Crippen LogP contribution < -0.4 is 10.2 Å². The van der Waals surface area contributed by atoms with Crippen molar-refractivity contribution in [2.24, 2.45) is 0 Å². The molecule has 1 N–H and O–H groups in total. The highest BCUT2D eigenvalue weighted by molar-refractivity contribution is 6.01. The zero-order valence-electron chi connectivity index (χ0n) is 22.9. The maximum Gasteiger partial charge on any atom is 0.251 e. The number of halogens is 1. The van der Waals surface area contributed by atoms with Crippen LogP contribution in [-0.4, -0.2) is 38.1 Å². The maximum absolute atomic E-state index is 14.3. The van der Waals surface area contributed by atoms with E-state index >= 15 is 0 Å². The van der Waals surface area contributed by atoms with E-state index in [0.29, 0.717) is 23.1 Å². The molecule has 2 heterocycles. The smallest absolute Gasteiger partial charge is 0.251 e. The van der Waals surface area contributed by atoms with Gasteiger partial charge in [0.1, 0.15) is 23.9 Å². The Morgan fingerprint density at radius 2 is 1.80 bits per heavy atom. The van der Waals surface area contributed by atoms with E-state index in [4.69, 9.17) is 4.42 Å². The standard InChI is InChI=1S/C30H33FN6O3/c1-19(2)21-13-15-23(16-14-21)37(27(38)18-36-34-29(33-35-36)24-10-6-7-11-25(24)31)28(26-17-12-20(3)40-26)30(39)32-22-8-4-5-9-22/h6-7,10-17,19,22,28H,4-5,8-9,18H2,1-3H3,(H,32,39)/t28-/m0/s1. The minimum atomic E-state index is -1.05. The van der Waals surface area contributed by atoms with Crippen molar-refractivity contribution < 1.29 is 18.4 Å². The van der Waals surface area contributed by atoms with Crippen LogP contribution in [0.25, 0.3) is 11.4 Å². The first kappa shape index (κ1) is 27.2. The Hall–Kier alpha value is -4.34. The minimum absolute atomic E-state index is 0.0478. The predicted octanol–water partition coefficient (Wildman–Crippen LogP) is 5.34. The number of tetrazole rings is 1. The molecule has 2 amide bonds. The SMILES string of the molecule is Cc1ccc([C@@H](C(=O)NC2CCCC2)N(C(=O)Cn2nnc(-c3ccccc3F)n2)c2ccc(C(C)C)cc2)o1. The molecule has 0 spiro atoms. The summed E-state index contributed by atoms with van der Waals surface area (Å²) in [6.07, 6.45) is 3.90. The first-order valence-electron chi connectivity index (χ1n) is 13.6. The highest BCUT2D eigenvalue weighted by Crippen LogP contribution is 2.32. The molecule has 208 valence electrons. The molecule has 1 atom stereocenters. The van der Waals surface area contributed by atoms with Crippen molar-refractivity contribution in [1.82, 2.24) is 25.5 Å². The van der Waals surface area contributed by atoms with E-state index in [1.54, 1.807) is 37.3 Å². The number of amides is 2. The van der Waals surface area contributed by atoms with E-state index in [0.717, 1.165) is 36.0 Å². The molecule has 9 nitrogen and oxygen atoms in total. The van der Waals surface area contributed by atoms with E-state index in [9.17, 15) is 14.0 Å². The minimum Gasteiger partial charge on any atom is -0.464 e. The number of benzene rings is 2. The lowest BCUT2D eigenvalue weighted by molar-refractivity contribution is -0.128. The van der Waals surface area contributed by atoms with Crippen LogP contribution in [0.15, 0.2) is 65.1 Å². The third-order valence-electron chi connectivity index (χ3n) is 7.19. The molecule has 2 aromatic carbocycles. The topological polar surface area (TPSA) is 106 Å². The van der Waals surface area contributed by atoms with Gasteiger partial charge in [-0.15, -0.1) is 10.2 Å². The largest absolute Gasteiger partial charge is 0.464 e.